The minimum Gasteiger partial charge on any atom is -0.362 e. The fourth-order valence-corrected chi connectivity index (χ4v) is 1.33. The van der Waals surface area contributed by atoms with Gasteiger partial charge in [0.05, 0.1) is 12.7 Å². The van der Waals surface area contributed by atoms with Gasteiger partial charge in [0.1, 0.15) is 0 Å². The zero-order valence-electron chi connectivity index (χ0n) is 5.49. The first-order valence-corrected chi connectivity index (χ1v) is 3.40. The van der Waals surface area contributed by atoms with Crippen molar-refractivity contribution >= 4 is 0 Å². The Morgan fingerprint density at radius 2 is 2.20 bits per heavy atom. The standard InChI is InChI=1S/C6H10O4/c7-6(8)2-1-4-3-9-5(6)10-4/h4-5,7-8H,1-3H2. The van der Waals surface area contributed by atoms with E-state index in [0.717, 1.165) is 0 Å². The van der Waals surface area contributed by atoms with Crippen LogP contribution in [0.1, 0.15) is 12.8 Å². The molecule has 0 aromatic carbocycles. The van der Waals surface area contributed by atoms with E-state index in [-0.39, 0.29) is 6.10 Å². The topological polar surface area (TPSA) is 58.9 Å². The van der Waals surface area contributed by atoms with Gasteiger partial charge in [-0.25, -0.2) is 0 Å². The van der Waals surface area contributed by atoms with Crippen molar-refractivity contribution in [2.75, 3.05) is 6.61 Å². The molecule has 2 saturated heterocycles. The summed E-state index contributed by atoms with van der Waals surface area (Å²) >= 11 is 0. The molecule has 4 heteroatoms. The molecule has 0 amide bonds. The first-order chi connectivity index (χ1) is 4.68. The van der Waals surface area contributed by atoms with Crippen LogP contribution in [-0.4, -0.2) is 35.0 Å². The Kier molecular flexibility index (Phi) is 1.25. The third-order valence-corrected chi connectivity index (χ3v) is 1.96. The lowest BCUT2D eigenvalue weighted by molar-refractivity contribution is -0.307. The summed E-state index contributed by atoms with van der Waals surface area (Å²) in [6, 6.07) is 0. The molecular weight excluding hydrogens is 136 g/mol. The van der Waals surface area contributed by atoms with Crippen LogP contribution >= 0.6 is 0 Å². The molecule has 2 fully saturated rings. The van der Waals surface area contributed by atoms with Gasteiger partial charge in [-0.1, -0.05) is 0 Å². The van der Waals surface area contributed by atoms with Crippen LogP contribution in [0.15, 0.2) is 0 Å². The van der Waals surface area contributed by atoms with Crippen LogP contribution in [0.2, 0.25) is 0 Å². The Morgan fingerprint density at radius 1 is 1.40 bits per heavy atom. The SMILES string of the molecule is OC1(O)CCC2COC1O2. The lowest BCUT2D eigenvalue weighted by atomic mass is 10.1. The molecule has 58 valence electrons. The van der Waals surface area contributed by atoms with Gasteiger partial charge in [-0.05, 0) is 6.42 Å². The summed E-state index contributed by atoms with van der Waals surface area (Å²) in [5, 5.41) is 18.3. The summed E-state index contributed by atoms with van der Waals surface area (Å²) in [7, 11) is 0. The second-order valence-corrected chi connectivity index (χ2v) is 2.84. The number of aliphatic hydroxyl groups is 2. The average Bonchev–Trinajstić information content (AvgIpc) is 2.26. The third-order valence-electron chi connectivity index (χ3n) is 1.96. The van der Waals surface area contributed by atoms with Gasteiger partial charge in [0.2, 0.25) is 12.1 Å². The minimum atomic E-state index is -1.76. The summed E-state index contributed by atoms with van der Waals surface area (Å²) < 4.78 is 10.1. The second-order valence-electron chi connectivity index (χ2n) is 2.84. The predicted molar refractivity (Wildman–Crippen MR) is 31.0 cm³/mol. The van der Waals surface area contributed by atoms with Gasteiger partial charge < -0.3 is 19.7 Å². The highest BCUT2D eigenvalue weighted by molar-refractivity contribution is 4.83. The molecule has 0 saturated carbocycles. The average molecular weight is 146 g/mol. The van der Waals surface area contributed by atoms with E-state index in [1.807, 2.05) is 0 Å². The lowest BCUT2D eigenvalue weighted by Crippen LogP contribution is -2.46. The van der Waals surface area contributed by atoms with Gasteiger partial charge in [0.25, 0.3) is 0 Å². The van der Waals surface area contributed by atoms with Crippen molar-refractivity contribution in [3.05, 3.63) is 0 Å². The Morgan fingerprint density at radius 3 is 2.90 bits per heavy atom. The second kappa shape index (κ2) is 1.92. The maximum absolute atomic E-state index is 9.17. The molecule has 2 aliphatic rings. The van der Waals surface area contributed by atoms with E-state index in [0.29, 0.717) is 19.4 Å². The van der Waals surface area contributed by atoms with Crippen molar-refractivity contribution in [2.24, 2.45) is 0 Å². The quantitative estimate of drug-likeness (QED) is 0.439. The molecule has 2 unspecified atom stereocenters. The van der Waals surface area contributed by atoms with E-state index >= 15 is 0 Å². The molecule has 2 rings (SSSR count). The van der Waals surface area contributed by atoms with E-state index in [9.17, 15) is 0 Å². The van der Waals surface area contributed by atoms with Crippen LogP contribution in [0.25, 0.3) is 0 Å². The van der Waals surface area contributed by atoms with Crippen molar-refractivity contribution in [1.82, 2.24) is 0 Å². The Balaban J connectivity index is 2.14. The van der Waals surface area contributed by atoms with Crippen molar-refractivity contribution in [2.45, 2.75) is 31.0 Å². The molecule has 0 aromatic heterocycles. The number of hydrogen-bond acceptors (Lipinski definition) is 4. The van der Waals surface area contributed by atoms with E-state index < -0.39 is 12.1 Å². The molecule has 2 N–H and O–H groups in total. The molecule has 0 spiro atoms. The number of rotatable bonds is 0. The Bertz CT molecular complexity index is 145. The van der Waals surface area contributed by atoms with Gasteiger partial charge in [0, 0.05) is 6.42 Å². The predicted octanol–water partition coefficient (Wildman–Crippen LogP) is -0.797. The molecule has 0 aliphatic carbocycles. The molecule has 0 aromatic rings. The number of hydrogen-bond donors (Lipinski definition) is 2. The van der Waals surface area contributed by atoms with Crippen molar-refractivity contribution < 1.29 is 19.7 Å². The van der Waals surface area contributed by atoms with Crippen LogP contribution in [0.3, 0.4) is 0 Å². The van der Waals surface area contributed by atoms with Crippen LogP contribution in [0.5, 0.6) is 0 Å². The number of fused-ring (bicyclic) bond motifs is 2. The molecule has 2 aliphatic heterocycles. The van der Waals surface area contributed by atoms with Gasteiger partial charge in [-0.2, -0.15) is 0 Å². The highest BCUT2D eigenvalue weighted by Gasteiger charge is 2.47. The minimum absolute atomic E-state index is 0.0809. The van der Waals surface area contributed by atoms with E-state index in [1.165, 1.54) is 0 Å². The highest BCUT2D eigenvalue weighted by atomic mass is 16.8. The van der Waals surface area contributed by atoms with E-state index in [1.54, 1.807) is 0 Å². The fraction of sp³-hybridized carbons (Fsp3) is 1.00. The molecule has 2 bridgehead atoms. The fourth-order valence-electron chi connectivity index (χ4n) is 1.33. The summed E-state index contributed by atoms with van der Waals surface area (Å²) in [4.78, 5) is 0. The Labute approximate surface area is 58.4 Å². The van der Waals surface area contributed by atoms with Crippen LogP contribution in [0.4, 0.5) is 0 Å². The van der Waals surface area contributed by atoms with Crippen LogP contribution < -0.4 is 0 Å². The summed E-state index contributed by atoms with van der Waals surface area (Å²) in [5.74, 6) is -1.76. The molecule has 10 heavy (non-hydrogen) atoms. The first-order valence-electron chi connectivity index (χ1n) is 3.40. The highest BCUT2D eigenvalue weighted by Crippen LogP contribution is 2.32. The molecule has 4 nitrogen and oxygen atoms in total. The maximum atomic E-state index is 9.17. The zero-order valence-corrected chi connectivity index (χ0v) is 5.49. The summed E-state index contributed by atoms with van der Waals surface area (Å²) in [6.07, 6.45) is 0.287. The largest absolute Gasteiger partial charge is 0.362 e. The first kappa shape index (κ1) is 6.54. The monoisotopic (exact) mass is 146 g/mol. The van der Waals surface area contributed by atoms with Crippen LogP contribution in [0, 0.1) is 0 Å². The normalized spacial score (nSPS) is 43.8. The molecule has 2 atom stereocenters. The molecular formula is C6H10O4. The van der Waals surface area contributed by atoms with Crippen molar-refractivity contribution in [3.8, 4) is 0 Å². The van der Waals surface area contributed by atoms with Gasteiger partial charge in [-0.3, -0.25) is 0 Å². The van der Waals surface area contributed by atoms with Gasteiger partial charge >= 0.3 is 0 Å². The molecule has 0 radical (unpaired) electrons. The summed E-state index contributed by atoms with van der Waals surface area (Å²) in [5.41, 5.74) is 0. The van der Waals surface area contributed by atoms with Crippen LogP contribution in [-0.2, 0) is 9.47 Å². The third kappa shape index (κ3) is 0.845. The van der Waals surface area contributed by atoms with Gasteiger partial charge in [0.15, 0.2) is 0 Å². The Hall–Kier alpha value is -0.160. The smallest absolute Gasteiger partial charge is 0.215 e. The van der Waals surface area contributed by atoms with Gasteiger partial charge in [-0.15, -0.1) is 0 Å². The van der Waals surface area contributed by atoms with E-state index in [2.05, 4.69) is 0 Å². The number of ether oxygens (including phenoxy) is 2. The lowest BCUT2D eigenvalue weighted by Gasteiger charge is -2.30. The van der Waals surface area contributed by atoms with E-state index in [4.69, 9.17) is 19.7 Å². The zero-order chi connectivity index (χ0) is 7.19. The molecule has 2 heterocycles. The van der Waals surface area contributed by atoms with Crippen molar-refractivity contribution in [3.63, 3.8) is 0 Å². The maximum Gasteiger partial charge on any atom is 0.215 e. The van der Waals surface area contributed by atoms with Crippen molar-refractivity contribution in [1.29, 1.82) is 0 Å². The summed E-state index contributed by atoms with van der Waals surface area (Å²) in [6.45, 7) is 0.494.